The number of hydrogen-bond acceptors (Lipinski definition) is 4. The molecule has 162 valence electrons. The summed E-state index contributed by atoms with van der Waals surface area (Å²) in [6.07, 6.45) is -1.10. The first kappa shape index (κ1) is 20.3. The van der Waals surface area contributed by atoms with Gasteiger partial charge in [-0.1, -0.05) is 60.7 Å². The number of rotatable bonds is 6. The zero-order valence-electron chi connectivity index (χ0n) is 17.4. The van der Waals surface area contributed by atoms with Crippen molar-refractivity contribution in [2.45, 2.75) is 18.1 Å². The Hall–Kier alpha value is -3.61. The molecular weight excluding hydrogens is 404 g/mol. The minimum atomic E-state index is -1.16. The van der Waals surface area contributed by atoms with E-state index in [-0.39, 0.29) is 19.1 Å². The van der Waals surface area contributed by atoms with Crippen LogP contribution in [0.2, 0.25) is 0 Å². The fraction of sp³-hybridized carbons (Fsp3) is 0.192. The standard InChI is InChI=1S/C26H24N2O4/c29-24(25(30)17-10-9-16-11-12-27-23(16)13-17)14-28-26(31)32-15-22-20-7-3-1-5-18(20)19-6-2-4-8-21(19)22/h1-13,22,24-25,27,29-30H,14-15H2,(H,28,31). The maximum absolute atomic E-state index is 12.3. The van der Waals surface area contributed by atoms with Crippen LogP contribution in [0.4, 0.5) is 4.79 Å². The van der Waals surface area contributed by atoms with Gasteiger partial charge in [0.1, 0.15) is 18.8 Å². The summed E-state index contributed by atoms with van der Waals surface area (Å²) < 4.78 is 5.47. The van der Waals surface area contributed by atoms with Gasteiger partial charge in [0.2, 0.25) is 0 Å². The summed E-state index contributed by atoms with van der Waals surface area (Å²) in [6.45, 7) is 0.0720. The van der Waals surface area contributed by atoms with Gasteiger partial charge < -0.3 is 25.3 Å². The first-order chi connectivity index (χ1) is 15.6. The van der Waals surface area contributed by atoms with Gasteiger partial charge in [-0.3, -0.25) is 0 Å². The van der Waals surface area contributed by atoms with Gasteiger partial charge in [-0.15, -0.1) is 0 Å². The highest BCUT2D eigenvalue weighted by Crippen LogP contribution is 2.44. The molecule has 4 aromatic rings. The largest absolute Gasteiger partial charge is 0.449 e. The molecule has 6 heteroatoms. The van der Waals surface area contributed by atoms with E-state index in [0.717, 1.165) is 33.2 Å². The molecule has 0 saturated carbocycles. The summed E-state index contributed by atoms with van der Waals surface area (Å²) in [5.74, 6) is -0.0313. The van der Waals surface area contributed by atoms with E-state index in [0.29, 0.717) is 5.56 Å². The molecule has 2 atom stereocenters. The highest BCUT2D eigenvalue weighted by molar-refractivity contribution is 5.80. The lowest BCUT2D eigenvalue weighted by molar-refractivity contribution is 0.0186. The van der Waals surface area contributed by atoms with Gasteiger partial charge in [-0.25, -0.2) is 4.79 Å². The topological polar surface area (TPSA) is 94.6 Å². The van der Waals surface area contributed by atoms with Crippen molar-refractivity contribution in [3.8, 4) is 11.1 Å². The highest BCUT2D eigenvalue weighted by Gasteiger charge is 2.29. The van der Waals surface area contributed by atoms with Crippen molar-refractivity contribution in [2.24, 2.45) is 0 Å². The number of H-pyrrole nitrogens is 1. The highest BCUT2D eigenvalue weighted by atomic mass is 16.5. The Morgan fingerprint density at radius 1 is 0.969 bits per heavy atom. The Kier molecular flexibility index (Phi) is 5.39. The van der Waals surface area contributed by atoms with Gasteiger partial charge in [0.25, 0.3) is 0 Å². The van der Waals surface area contributed by atoms with Crippen molar-refractivity contribution in [3.05, 3.63) is 95.7 Å². The van der Waals surface area contributed by atoms with E-state index in [1.807, 2.05) is 42.6 Å². The summed E-state index contributed by atoms with van der Waals surface area (Å²) in [5.41, 5.74) is 6.04. The van der Waals surface area contributed by atoms with E-state index in [4.69, 9.17) is 4.74 Å². The number of aliphatic hydroxyl groups excluding tert-OH is 2. The lowest BCUT2D eigenvalue weighted by Crippen LogP contribution is -2.36. The normalized spacial score (nSPS) is 14.6. The monoisotopic (exact) mass is 428 g/mol. The molecule has 0 spiro atoms. The van der Waals surface area contributed by atoms with E-state index in [9.17, 15) is 15.0 Å². The van der Waals surface area contributed by atoms with Crippen LogP contribution in [0.5, 0.6) is 0 Å². The van der Waals surface area contributed by atoms with Gasteiger partial charge in [0, 0.05) is 24.2 Å². The molecule has 3 aromatic carbocycles. The number of hydrogen-bond donors (Lipinski definition) is 4. The third-order valence-corrected chi connectivity index (χ3v) is 6.08. The fourth-order valence-electron chi connectivity index (χ4n) is 4.42. The molecule has 1 heterocycles. The molecule has 2 unspecified atom stereocenters. The number of alkyl carbamates (subject to hydrolysis) is 1. The van der Waals surface area contributed by atoms with Crippen LogP contribution in [0.25, 0.3) is 22.0 Å². The maximum Gasteiger partial charge on any atom is 0.407 e. The second-order valence-corrected chi connectivity index (χ2v) is 8.04. The van der Waals surface area contributed by atoms with Gasteiger partial charge in [-0.2, -0.15) is 0 Å². The van der Waals surface area contributed by atoms with E-state index in [1.54, 1.807) is 12.1 Å². The van der Waals surface area contributed by atoms with Crippen molar-refractivity contribution >= 4 is 17.0 Å². The summed E-state index contributed by atoms with van der Waals surface area (Å²) in [6, 6.07) is 23.6. The van der Waals surface area contributed by atoms with Crippen LogP contribution in [0.1, 0.15) is 28.7 Å². The smallest absolute Gasteiger partial charge is 0.407 e. The van der Waals surface area contributed by atoms with E-state index >= 15 is 0 Å². The number of benzene rings is 3. The van der Waals surface area contributed by atoms with Crippen molar-refractivity contribution in [1.29, 1.82) is 0 Å². The number of carbonyl (C=O) groups is 1. The summed E-state index contributed by atoms with van der Waals surface area (Å²) in [5, 5.41) is 24.4. The fourth-order valence-corrected chi connectivity index (χ4v) is 4.42. The number of amides is 1. The Bertz CT molecular complexity index is 1220. The molecule has 6 nitrogen and oxygen atoms in total. The van der Waals surface area contributed by atoms with Crippen molar-refractivity contribution < 1.29 is 19.7 Å². The maximum atomic E-state index is 12.3. The summed E-state index contributed by atoms with van der Waals surface area (Å²) in [7, 11) is 0. The number of nitrogens with one attached hydrogen (secondary N) is 2. The molecule has 4 N–H and O–H groups in total. The quantitative estimate of drug-likeness (QED) is 0.372. The molecule has 1 aliphatic carbocycles. The number of aromatic amines is 1. The summed E-state index contributed by atoms with van der Waals surface area (Å²) in [4.78, 5) is 15.4. The van der Waals surface area contributed by atoms with Crippen LogP contribution in [-0.4, -0.2) is 40.5 Å². The Balaban J connectivity index is 1.18. The Morgan fingerprint density at radius 3 is 2.38 bits per heavy atom. The minimum absolute atomic E-state index is 0.0313. The van der Waals surface area contributed by atoms with E-state index in [1.165, 1.54) is 0 Å². The third kappa shape index (κ3) is 3.75. The zero-order chi connectivity index (χ0) is 22.1. The molecular formula is C26H24N2O4. The van der Waals surface area contributed by atoms with Crippen LogP contribution >= 0.6 is 0 Å². The molecule has 1 aromatic heterocycles. The molecule has 5 rings (SSSR count). The number of ether oxygens (including phenoxy) is 1. The Labute approximate surface area is 185 Å². The second-order valence-electron chi connectivity index (χ2n) is 8.04. The van der Waals surface area contributed by atoms with E-state index < -0.39 is 18.3 Å². The first-order valence-electron chi connectivity index (χ1n) is 10.6. The SMILES string of the molecule is O=C(NCC(O)C(O)c1ccc2cc[nH]c2c1)OCC1c2ccccc2-c2ccccc21. The minimum Gasteiger partial charge on any atom is -0.449 e. The molecule has 0 bridgehead atoms. The second kappa shape index (κ2) is 8.49. The van der Waals surface area contributed by atoms with Crippen LogP contribution in [0.15, 0.2) is 79.0 Å². The van der Waals surface area contributed by atoms with Crippen molar-refractivity contribution in [2.75, 3.05) is 13.2 Å². The first-order valence-corrected chi connectivity index (χ1v) is 10.6. The number of carbonyl (C=O) groups excluding carboxylic acids is 1. The van der Waals surface area contributed by atoms with Gasteiger partial charge in [0.05, 0.1) is 0 Å². The van der Waals surface area contributed by atoms with Crippen molar-refractivity contribution in [1.82, 2.24) is 10.3 Å². The van der Waals surface area contributed by atoms with Gasteiger partial charge >= 0.3 is 6.09 Å². The van der Waals surface area contributed by atoms with Crippen LogP contribution in [0, 0.1) is 0 Å². The zero-order valence-corrected chi connectivity index (χ0v) is 17.4. The van der Waals surface area contributed by atoms with E-state index in [2.05, 4.69) is 34.6 Å². The lowest BCUT2D eigenvalue weighted by atomic mass is 9.98. The summed E-state index contributed by atoms with van der Waals surface area (Å²) >= 11 is 0. The number of fused-ring (bicyclic) bond motifs is 4. The number of aromatic nitrogens is 1. The van der Waals surface area contributed by atoms with Gasteiger partial charge in [0.15, 0.2) is 0 Å². The van der Waals surface area contributed by atoms with Crippen LogP contribution in [0.3, 0.4) is 0 Å². The van der Waals surface area contributed by atoms with Gasteiger partial charge in [-0.05, 0) is 45.3 Å². The number of aliphatic hydroxyl groups is 2. The lowest BCUT2D eigenvalue weighted by Gasteiger charge is -2.19. The Morgan fingerprint density at radius 2 is 1.66 bits per heavy atom. The average Bonchev–Trinajstić information content (AvgIpc) is 3.42. The molecule has 32 heavy (non-hydrogen) atoms. The molecule has 0 aliphatic heterocycles. The third-order valence-electron chi connectivity index (χ3n) is 6.08. The predicted octanol–water partition coefficient (Wildman–Crippen LogP) is 4.10. The van der Waals surface area contributed by atoms with Crippen molar-refractivity contribution in [3.63, 3.8) is 0 Å². The molecule has 0 radical (unpaired) electrons. The molecule has 0 saturated heterocycles. The molecule has 1 aliphatic rings. The van der Waals surface area contributed by atoms with Crippen LogP contribution < -0.4 is 5.32 Å². The molecule has 1 amide bonds. The average molecular weight is 428 g/mol. The predicted molar refractivity (Wildman–Crippen MR) is 122 cm³/mol. The van der Waals surface area contributed by atoms with Crippen LogP contribution in [-0.2, 0) is 4.74 Å². The molecule has 0 fully saturated rings.